The number of nitro benzene ring substituents is 3. The van der Waals surface area contributed by atoms with E-state index in [1.807, 2.05) is 13.8 Å². The number of rotatable bonds is 14. The Kier molecular flexibility index (Phi) is 26.3. The van der Waals surface area contributed by atoms with Crippen LogP contribution in [0.25, 0.3) is 34.2 Å². The maximum absolute atomic E-state index is 10.7. The molecule has 25 heteroatoms. The van der Waals surface area contributed by atoms with Crippen molar-refractivity contribution in [2.45, 2.75) is 72.4 Å². The van der Waals surface area contributed by atoms with Crippen molar-refractivity contribution in [3.8, 4) is 34.2 Å². The Morgan fingerprint density at radius 1 is 0.520 bits per heavy atom. The van der Waals surface area contributed by atoms with E-state index in [4.69, 9.17) is 61.6 Å². The van der Waals surface area contributed by atoms with Crippen molar-refractivity contribution in [2.75, 3.05) is 69.4 Å². The molecule has 0 unspecified atom stereocenters. The molecule has 402 valence electrons. The highest BCUT2D eigenvalue weighted by Crippen LogP contribution is 2.27. The normalized spacial score (nSPS) is 13.3. The molecule has 75 heavy (non-hydrogen) atoms. The van der Waals surface area contributed by atoms with Gasteiger partial charge in [0.1, 0.15) is 32.2 Å². The fourth-order valence-electron chi connectivity index (χ4n) is 7.02. The minimum atomic E-state index is -0.477. The van der Waals surface area contributed by atoms with Crippen LogP contribution in [0.3, 0.4) is 0 Å². The Balaban J connectivity index is 0.000000217. The van der Waals surface area contributed by atoms with Gasteiger partial charge >= 0.3 is 0 Å². The van der Waals surface area contributed by atoms with Crippen LogP contribution in [0.2, 0.25) is 20.6 Å². The third-order valence-corrected chi connectivity index (χ3v) is 12.1. The van der Waals surface area contributed by atoms with E-state index in [0.29, 0.717) is 62.4 Å². The number of nitro groups is 3. The van der Waals surface area contributed by atoms with Crippen LogP contribution in [0.1, 0.15) is 60.3 Å². The summed E-state index contributed by atoms with van der Waals surface area (Å²) in [5.74, 6) is 2.61. The molecule has 0 spiro atoms. The standard InChI is InChI=1S/C15H15ClN4O3.C14H15ClN4O2.C10H5Cl2N3O2.C6H15N.C5H11NO/c16-13-9-14(17-11-5-7-23-8-6-11)19-15(18-13)10-1-3-12(4-2-10)20(21)22;1-3-18(4-2)13-9-12(15)16-14(17-13)10-5-7-11(8-6-10)19(20)21;11-8-5-9(12)14-10(13-8)6-1-3-7(4-2-6)15(16)17;1-4-7(5-2)6-3;6-5-1-3-7-4-2-5/h1-4,9,11H,5-8H2,(H,17,18,19);5-9H,3-4H2,1-2H3;1-5H;4-6H2,1-3H3;5H,1-4,6H2. The highest BCUT2D eigenvalue weighted by Gasteiger charge is 2.17. The Hall–Kier alpha value is -6.30. The Morgan fingerprint density at radius 2 is 0.867 bits per heavy atom. The van der Waals surface area contributed by atoms with Gasteiger partial charge in [0.2, 0.25) is 0 Å². The number of nitrogens with zero attached hydrogens (tertiary/aromatic N) is 11. The molecule has 2 saturated heterocycles. The van der Waals surface area contributed by atoms with E-state index >= 15 is 0 Å². The molecule has 0 atom stereocenters. The zero-order valence-electron chi connectivity index (χ0n) is 42.3. The number of hydrogen-bond acceptors (Lipinski definition) is 18. The first-order valence-corrected chi connectivity index (χ1v) is 25.7. The quantitative estimate of drug-likeness (QED) is 0.0583. The van der Waals surface area contributed by atoms with E-state index in [1.54, 1.807) is 48.5 Å². The number of ether oxygens (including phenoxy) is 2. The van der Waals surface area contributed by atoms with Crippen molar-refractivity contribution >= 4 is 75.1 Å². The zero-order valence-corrected chi connectivity index (χ0v) is 45.3. The number of benzene rings is 3. The number of non-ortho nitro benzene ring substituents is 3. The summed E-state index contributed by atoms with van der Waals surface area (Å²) >= 11 is 23.6. The van der Waals surface area contributed by atoms with E-state index < -0.39 is 14.8 Å². The lowest BCUT2D eigenvalue weighted by atomic mass is 10.1. The molecule has 6 aromatic rings. The summed E-state index contributed by atoms with van der Waals surface area (Å²) in [6.07, 6.45) is 3.91. The van der Waals surface area contributed by atoms with Crippen LogP contribution in [0.5, 0.6) is 0 Å². The van der Waals surface area contributed by atoms with Crippen molar-refractivity contribution in [3.63, 3.8) is 0 Å². The van der Waals surface area contributed by atoms with Gasteiger partial charge in [-0.15, -0.1) is 0 Å². The Labute approximate surface area is 455 Å². The van der Waals surface area contributed by atoms with E-state index in [-0.39, 0.29) is 27.4 Å². The second kappa shape index (κ2) is 32.2. The molecule has 5 heterocycles. The molecule has 0 aliphatic carbocycles. The minimum Gasteiger partial charge on any atom is -0.381 e. The summed E-state index contributed by atoms with van der Waals surface area (Å²) in [7, 11) is 0. The van der Waals surface area contributed by atoms with Crippen LogP contribution >= 0.6 is 46.4 Å². The van der Waals surface area contributed by atoms with Crippen LogP contribution < -0.4 is 16.0 Å². The SMILES string of the molecule is CCN(CC)CC.CCN(CC)c1cc(Cl)nc(-c2ccc([N+](=O)[O-])cc2)n1.NC1CCOCC1.O=[N+]([O-])c1ccc(-c2nc(Cl)cc(Cl)n2)cc1.O=[N+]([O-])c1ccc(-c2nc(Cl)cc(NC3CCOCC3)n2)cc1. The summed E-state index contributed by atoms with van der Waals surface area (Å²) in [5, 5.41) is 36.3. The fourth-order valence-corrected chi connectivity index (χ4v) is 7.80. The molecule has 21 nitrogen and oxygen atoms in total. The fraction of sp³-hybridized carbons (Fsp3) is 0.400. The van der Waals surface area contributed by atoms with Crippen molar-refractivity contribution in [2.24, 2.45) is 5.73 Å². The van der Waals surface area contributed by atoms with Gasteiger partial charge in [0.05, 0.1) is 14.8 Å². The summed E-state index contributed by atoms with van der Waals surface area (Å²) in [5.41, 5.74) is 7.59. The molecular weight excluding hydrogens is 1050 g/mol. The Bertz CT molecular complexity index is 2690. The predicted molar refractivity (Wildman–Crippen MR) is 295 cm³/mol. The van der Waals surface area contributed by atoms with Crippen LogP contribution in [-0.4, -0.2) is 121 Å². The minimum absolute atomic E-state index is 0.00174. The van der Waals surface area contributed by atoms with Crippen LogP contribution in [0.15, 0.2) is 91.0 Å². The van der Waals surface area contributed by atoms with Gasteiger partial charge in [0, 0.05) is 123 Å². The predicted octanol–water partition coefficient (Wildman–Crippen LogP) is 11.7. The van der Waals surface area contributed by atoms with Crippen LogP contribution in [-0.2, 0) is 9.47 Å². The molecule has 0 radical (unpaired) electrons. The summed E-state index contributed by atoms with van der Waals surface area (Å²) in [4.78, 5) is 60.2. The van der Waals surface area contributed by atoms with Crippen LogP contribution in [0, 0.1) is 30.3 Å². The van der Waals surface area contributed by atoms with E-state index in [2.05, 4.69) is 65.8 Å². The van der Waals surface area contributed by atoms with Gasteiger partial charge < -0.3 is 30.3 Å². The monoisotopic (exact) mass is 1110 g/mol. The molecule has 2 aliphatic rings. The number of nitrogens with one attached hydrogen (secondary N) is 1. The van der Waals surface area contributed by atoms with Crippen molar-refractivity contribution in [3.05, 3.63) is 142 Å². The smallest absolute Gasteiger partial charge is 0.269 e. The lowest BCUT2D eigenvalue weighted by Crippen LogP contribution is -2.28. The van der Waals surface area contributed by atoms with Crippen molar-refractivity contribution in [1.82, 2.24) is 34.8 Å². The summed E-state index contributed by atoms with van der Waals surface area (Å²) in [6.45, 7) is 19.0. The van der Waals surface area contributed by atoms with Crippen molar-refractivity contribution in [1.29, 1.82) is 0 Å². The van der Waals surface area contributed by atoms with Crippen LogP contribution in [0.4, 0.5) is 28.7 Å². The average molecular weight is 1110 g/mol. The highest BCUT2D eigenvalue weighted by atomic mass is 35.5. The summed E-state index contributed by atoms with van der Waals surface area (Å²) in [6, 6.07) is 23.5. The zero-order chi connectivity index (χ0) is 54.9. The van der Waals surface area contributed by atoms with Gasteiger partial charge in [-0.3, -0.25) is 30.3 Å². The van der Waals surface area contributed by atoms with E-state index in [1.165, 1.54) is 62.1 Å². The summed E-state index contributed by atoms with van der Waals surface area (Å²) < 4.78 is 10.4. The number of hydrogen-bond donors (Lipinski definition) is 2. The molecule has 0 amide bonds. The lowest BCUT2D eigenvalue weighted by molar-refractivity contribution is -0.385. The maximum atomic E-state index is 10.7. The average Bonchev–Trinajstić information content (AvgIpc) is 3.40. The van der Waals surface area contributed by atoms with Gasteiger partial charge in [-0.25, -0.2) is 29.9 Å². The third-order valence-electron chi connectivity index (χ3n) is 11.3. The molecule has 3 N–H and O–H groups in total. The highest BCUT2D eigenvalue weighted by molar-refractivity contribution is 6.33. The molecular formula is C50H61Cl4N13O8. The number of aromatic nitrogens is 6. The first kappa shape index (κ1) is 61.2. The van der Waals surface area contributed by atoms with E-state index in [9.17, 15) is 30.3 Å². The third kappa shape index (κ3) is 21.1. The molecule has 2 fully saturated rings. The number of nitrogens with two attached hydrogens (primary N) is 1. The van der Waals surface area contributed by atoms with Gasteiger partial charge in [0.25, 0.3) is 17.1 Å². The van der Waals surface area contributed by atoms with Gasteiger partial charge in [-0.1, -0.05) is 67.2 Å². The first-order valence-electron chi connectivity index (χ1n) is 24.2. The van der Waals surface area contributed by atoms with Gasteiger partial charge in [-0.05, 0) is 95.6 Å². The molecule has 0 saturated carbocycles. The van der Waals surface area contributed by atoms with Crippen molar-refractivity contribution < 1.29 is 24.2 Å². The molecule has 3 aromatic carbocycles. The maximum Gasteiger partial charge on any atom is 0.269 e. The largest absolute Gasteiger partial charge is 0.381 e. The topological polar surface area (TPSA) is 270 Å². The lowest BCUT2D eigenvalue weighted by Gasteiger charge is -2.23. The van der Waals surface area contributed by atoms with E-state index in [0.717, 1.165) is 71.0 Å². The number of halogens is 4. The molecule has 8 rings (SSSR count). The molecule has 2 aliphatic heterocycles. The Morgan fingerprint density at radius 3 is 1.20 bits per heavy atom. The second-order valence-corrected chi connectivity index (χ2v) is 17.8. The second-order valence-electron chi connectivity index (χ2n) is 16.3. The number of anilines is 2. The molecule has 0 bridgehead atoms. The molecule has 3 aromatic heterocycles. The van der Waals surface area contributed by atoms with Gasteiger partial charge in [0.15, 0.2) is 17.5 Å². The first-order chi connectivity index (χ1) is 36.0. The van der Waals surface area contributed by atoms with Gasteiger partial charge in [-0.2, -0.15) is 0 Å².